The Labute approximate surface area is 172 Å². The number of rotatable bonds is 4. The first kappa shape index (κ1) is 19.7. The van der Waals surface area contributed by atoms with E-state index in [1.807, 2.05) is 6.07 Å². The van der Waals surface area contributed by atoms with Crippen LogP contribution in [0.3, 0.4) is 0 Å². The highest BCUT2D eigenvalue weighted by Crippen LogP contribution is 2.26. The molecule has 2 heterocycles. The third-order valence-corrected chi connectivity index (χ3v) is 6.19. The van der Waals surface area contributed by atoms with Crippen molar-refractivity contribution in [3.8, 4) is 10.6 Å². The van der Waals surface area contributed by atoms with Crippen molar-refractivity contribution in [1.82, 2.24) is 14.8 Å². The number of aromatic nitrogens is 1. The summed E-state index contributed by atoms with van der Waals surface area (Å²) in [6.07, 6.45) is 0. The van der Waals surface area contributed by atoms with Gasteiger partial charge in [-0.3, -0.25) is 9.69 Å². The Balaban J connectivity index is 1.38. The van der Waals surface area contributed by atoms with E-state index in [1.165, 1.54) is 29.5 Å². The van der Waals surface area contributed by atoms with Crippen molar-refractivity contribution in [1.29, 1.82) is 0 Å². The van der Waals surface area contributed by atoms with Gasteiger partial charge in [0, 0.05) is 43.2 Å². The quantitative estimate of drug-likeness (QED) is 0.627. The summed E-state index contributed by atoms with van der Waals surface area (Å²) in [6, 6.07) is 12.8. The standard InChI is InChI=1S/C22H21F2N3OS/c1-15(17-3-2-4-19(24)13-17)26-9-11-27(12-10-26)22(28)20-14-29-21(25-20)16-5-7-18(23)8-6-16/h2-8,13-15H,9-12H2,1H3. The normalized spacial score (nSPS) is 16.0. The zero-order valence-electron chi connectivity index (χ0n) is 16.0. The zero-order chi connectivity index (χ0) is 20.4. The summed E-state index contributed by atoms with van der Waals surface area (Å²) in [4.78, 5) is 21.3. The van der Waals surface area contributed by atoms with Crippen LogP contribution in [0, 0.1) is 11.6 Å². The highest BCUT2D eigenvalue weighted by atomic mass is 32.1. The van der Waals surface area contributed by atoms with Gasteiger partial charge in [0.15, 0.2) is 0 Å². The molecule has 1 aliphatic heterocycles. The van der Waals surface area contributed by atoms with Gasteiger partial charge in [0.2, 0.25) is 0 Å². The van der Waals surface area contributed by atoms with E-state index in [9.17, 15) is 13.6 Å². The molecule has 4 nitrogen and oxygen atoms in total. The summed E-state index contributed by atoms with van der Waals surface area (Å²) >= 11 is 1.38. The summed E-state index contributed by atoms with van der Waals surface area (Å²) in [7, 11) is 0. The van der Waals surface area contributed by atoms with Crippen LogP contribution < -0.4 is 0 Å². The molecule has 2 aromatic carbocycles. The number of piperazine rings is 1. The van der Waals surface area contributed by atoms with Gasteiger partial charge in [-0.2, -0.15) is 0 Å². The van der Waals surface area contributed by atoms with Gasteiger partial charge in [-0.15, -0.1) is 11.3 Å². The Morgan fingerprint density at radius 3 is 2.45 bits per heavy atom. The van der Waals surface area contributed by atoms with Crippen LogP contribution in [0.25, 0.3) is 10.6 Å². The molecule has 0 saturated carbocycles. The fourth-order valence-corrected chi connectivity index (χ4v) is 4.35. The van der Waals surface area contributed by atoms with E-state index in [4.69, 9.17) is 0 Å². The predicted octanol–water partition coefficient (Wildman–Crippen LogP) is 4.61. The molecule has 29 heavy (non-hydrogen) atoms. The van der Waals surface area contributed by atoms with Gasteiger partial charge in [-0.25, -0.2) is 13.8 Å². The molecule has 1 aromatic heterocycles. The minimum atomic E-state index is -0.299. The van der Waals surface area contributed by atoms with E-state index in [1.54, 1.807) is 34.5 Å². The van der Waals surface area contributed by atoms with Crippen LogP contribution in [-0.4, -0.2) is 46.9 Å². The molecule has 7 heteroatoms. The summed E-state index contributed by atoms with van der Waals surface area (Å²) in [5.41, 5.74) is 2.15. The van der Waals surface area contributed by atoms with E-state index in [0.717, 1.165) is 24.2 Å². The first-order valence-corrected chi connectivity index (χ1v) is 10.4. The molecule has 1 unspecified atom stereocenters. The van der Waals surface area contributed by atoms with Crippen LogP contribution in [0.5, 0.6) is 0 Å². The van der Waals surface area contributed by atoms with E-state index in [-0.39, 0.29) is 23.6 Å². The Kier molecular flexibility index (Phi) is 5.69. The van der Waals surface area contributed by atoms with Crippen molar-refractivity contribution in [2.75, 3.05) is 26.2 Å². The molecule has 4 rings (SSSR count). The number of carbonyl (C=O) groups excluding carboxylic acids is 1. The van der Waals surface area contributed by atoms with Gasteiger partial charge in [-0.1, -0.05) is 12.1 Å². The molecule has 1 amide bonds. The number of amides is 1. The molecule has 0 spiro atoms. The molecule has 1 atom stereocenters. The number of benzene rings is 2. The number of hydrogen-bond acceptors (Lipinski definition) is 4. The van der Waals surface area contributed by atoms with E-state index >= 15 is 0 Å². The molecule has 150 valence electrons. The average Bonchev–Trinajstić information content (AvgIpc) is 3.23. The highest BCUT2D eigenvalue weighted by Gasteiger charge is 2.26. The molecule has 0 bridgehead atoms. The first-order valence-electron chi connectivity index (χ1n) is 9.51. The predicted molar refractivity (Wildman–Crippen MR) is 110 cm³/mol. The van der Waals surface area contributed by atoms with Crippen molar-refractivity contribution in [3.63, 3.8) is 0 Å². The van der Waals surface area contributed by atoms with E-state index in [0.29, 0.717) is 23.8 Å². The minimum absolute atomic E-state index is 0.0901. The SMILES string of the molecule is CC(c1cccc(F)c1)N1CCN(C(=O)c2csc(-c3ccc(F)cc3)n2)CC1. The Morgan fingerprint density at radius 1 is 1.03 bits per heavy atom. The lowest BCUT2D eigenvalue weighted by atomic mass is 10.1. The maximum absolute atomic E-state index is 13.5. The second-order valence-electron chi connectivity index (χ2n) is 7.10. The van der Waals surface area contributed by atoms with E-state index in [2.05, 4.69) is 16.8 Å². The molecular weight excluding hydrogens is 392 g/mol. The van der Waals surface area contributed by atoms with Crippen LogP contribution in [0.1, 0.15) is 29.0 Å². The lowest BCUT2D eigenvalue weighted by molar-refractivity contribution is 0.0577. The first-order chi connectivity index (χ1) is 14.0. The molecule has 0 N–H and O–H groups in total. The zero-order valence-corrected chi connectivity index (χ0v) is 16.8. The highest BCUT2D eigenvalue weighted by molar-refractivity contribution is 7.13. The summed E-state index contributed by atoms with van der Waals surface area (Å²) < 4.78 is 26.6. The van der Waals surface area contributed by atoms with Crippen LogP contribution in [0.2, 0.25) is 0 Å². The number of nitrogens with zero attached hydrogens (tertiary/aromatic N) is 3. The topological polar surface area (TPSA) is 36.4 Å². The molecule has 1 fully saturated rings. The third-order valence-electron chi connectivity index (χ3n) is 5.29. The van der Waals surface area contributed by atoms with Gasteiger partial charge in [-0.05, 0) is 48.9 Å². The van der Waals surface area contributed by atoms with Crippen molar-refractivity contribution in [2.45, 2.75) is 13.0 Å². The summed E-state index contributed by atoms with van der Waals surface area (Å²) in [5.74, 6) is -0.622. The Bertz CT molecular complexity index is 997. The lowest BCUT2D eigenvalue weighted by Crippen LogP contribution is -2.49. The number of halogens is 2. The van der Waals surface area contributed by atoms with Crippen LogP contribution in [-0.2, 0) is 0 Å². The maximum Gasteiger partial charge on any atom is 0.273 e. The second-order valence-corrected chi connectivity index (χ2v) is 7.96. The smallest absolute Gasteiger partial charge is 0.273 e. The summed E-state index contributed by atoms with van der Waals surface area (Å²) in [6.45, 7) is 4.70. The van der Waals surface area contributed by atoms with Gasteiger partial charge in [0.1, 0.15) is 22.3 Å². The third kappa shape index (κ3) is 4.36. The molecule has 0 aliphatic carbocycles. The fraction of sp³-hybridized carbons (Fsp3) is 0.273. The Morgan fingerprint density at radius 2 is 1.76 bits per heavy atom. The second kappa shape index (κ2) is 8.39. The molecule has 1 saturated heterocycles. The van der Waals surface area contributed by atoms with Crippen LogP contribution in [0.15, 0.2) is 53.9 Å². The summed E-state index contributed by atoms with van der Waals surface area (Å²) in [5, 5.41) is 2.45. The number of thiazole rings is 1. The fourth-order valence-electron chi connectivity index (χ4n) is 3.55. The number of hydrogen-bond donors (Lipinski definition) is 0. The average molecular weight is 413 g/mol. The van der Waals surface area contributed by atoms with Gasteiger partial charge in [0.25, 0.3) is 5.91 Å². The van der Waals surface area contributed by atoms with Gasteiger partial charge in [0.05, 0.1) is 0 Å². The largest absolute Gasteiger partial charge is 0.335 e. The van der Waals surface area contributed by atoms with Gasteiger partial charge < -0.3 is 4.90 Å². The van der Waals surface area contributed by atoms with Crippen molar-refractivity contribution in [2.24, 2.45) is 0 Å². The van der Waals surface area contributed by atoms with Crippen LogP contribution in [0.4, 0.5) is 8.78 Å². The van der Waals surface area contributed by atoms with Crippen molar-refractivity contribution >= 4 is 17.2 Å². The number of carbonyl (C=O) groups is 1. The Hall–Kier alpha value is -2.64. The van der Waals surface area contributed by atoms with Crippen molar-refractivity contribution in [3.05, 3.63) is 76.8 Å². The van der Waals surface area contributed by atoms with E-state index < -0.39 is 0 Å². The maximum atomic E-state index is 13.5. The van der Waals surface area contributed by atoms with Crippen LogP contribution >= 0.6 is 11.3 Å². The minimum Gasteiger partial charge on any atom is -0.335 e. The monoisotopic (exact) mass is 413 g/mol. The molecular formula is C22H21F2N3OS. The molecule has 3 aromatic rings. The molecule has 1 aliphatic rings. The lowest BCUT2D eigenvalue weighted by Gasteiger charge is -2.38. The molecule has 0 radical (unpaired) electrons. The van der Waals surface area contributed by atoms with Gasteiger partial charge >= 0.3 is 0 Å². The van der Waals surface area contributed by atoms with Crippen molar-refractivity contribution < 1.29 is 13.6 Å².